The maximum absolute atomic E-state index is 12.2. The van der Waals surface area contributed by atoms with Gasteiger partial charge in [-0.25, -0.2) is 0 Å². The van der Waals surface area contributed by atoms with Crippen LogP contribution in [-0.2, 0) is 19.1 Å². The number of benzene rings is 1. The van der Waals surface area contributed by atoms with E-state index in [1.807, 2.05) is 38.1 Å². The molecule has 29 heavy (non-hydrogen) atoms. The van der Waals surface area contributed by atoms with Gasteiger partial charge in [-0.15, -0.1) is 0 Å². The Morgan fingerprint density at radius 3 is 2.52 bits per heavy atom. The monoisotopic (exact) mass is 414 g/mol. The predicted octanol–water partition coefficient (Wildman–Crippen LogP) is 4.67. The molecule has 0 fully saturated rings. The number of aryl methyl sites for hydroxylation is 1. The van der Waals surface area contributed by atoms with Gasteiger partial charge in [-0.1, -0.05) is 24.3 Å². The Balaban J connectivity index is 2.06. The maximum Gasteiger partial charge on any atom is 0.308 e. The fourth-order valence-corrected chi connectivity index (χ4v) is 3.17. The van der Waals surface area contributed by atoms with Gasteiger partial charge >= 0.3 is 10.1 Å². The second-order valence-corrected chi connectivity index (χ2v) is 8.41. The van der Waals surface area contributed by atoms with Crippen molar-refractivity contribution in [3.63, 3.8) is 0 Å². The minimum Gasteiger partial charge on any atom is -0.497 e. The average Bonchev–Trinajstić information content (AvgIpc) is 2.85. The molecule has 1 aromatic carbocycles. The summed E-state index contributed by atoms with van der Waals surface area (Å²) < 4.78 is 33.6. The number of rotatable bonds is 8. The van der Waals surface area contributed by atoms with Gasteiger partial charge in [0.2, 0.25) is 0 Å². The molecule has 0 spiro atoms. The van der Waals surface area contributed by atoms with E-state index in [0.29, 0.717) is 12.2 Å². The Morgan fingerprint density at radius 1 is 1.14 bits per heavy atom. The van der Waals surface area contributed by atoms with Gasteiger partial charge in [0.1, 0.15) is 11.5 Å². The van der Waals surface area contributed by atoms with E-state index in [2.05, 4.69) is 0 Å². The molecule has 0 aromatic heterocycles. The molecule has 0 saturated heterocycles. The van der Waals surface area contributed by atoms with Crippen LogP contribution in [0.1, 0.15) is 31.4 Å². The van der Waals surface area contributed by atoms with Crippen LogP contribution in [0.3, 0.4) is 0 Å². The second-order valence-electron chi connectivity index (χ2n) is 6.55. The highest BCUT2D eigenvalue weighted by molar-refractivity contribution is 7.86. The molecule has 0 radical (unpaired) electrons. The van der Waals surface area contributed by atoms with Gasteiger partial charge in [-0.05, 0) is 85.9 Å². The first-order valence-electron chi connectivity index (χ1n) is 9.30. The SMILES string of the molecule is CCS(=O)(=O)OC1=CCC=C(/C=C/C(=O)/C=C/c2ccc(OC)cc2C)C(C)=C1. The van der Waals surface area contributed by atoms with Crippen molar-refractivity contribution in [2.24, 2.45) is 0 Å². The molecular formula is C23H26O5S. The van der Waals surface area contributed by atoms with Crippen LogP contribution in [0.15, 0.2) is 71.6 Å². The molecule has 5 nitrogen and oxygen atoms in total. The number of ketones is 1. The van der Waals surface area contributed by atoms with Crippen LogP contribution in [0.4, 0.5) is 0 Å². The van der Waals surface area contributed by atoms with Crippen molar-refractivity contribution < 1.29 is 22.1 Å². The van der Waals surface area contributed by atoms with E-state index in [0.717, 1.165) is 28.0 Å². The predicted molar refractivity (Wildman–Crippen MR) is 116 cm³/mol. The topological polar surface area (TPSA) is 69.7 Å². The molecule has 0 aliphatic heterocycles. The molecule has 0 N–H and O–H groups in total. The normalized spacial score (nSPS) is 15.0. The number of carbonyl (C=O) groups is 1. The lowest BCUT2D eigenvalue weighted by atomic mass is 10.1. The summed E-state index contributed by atoms with van der Waals surface area (Å²) in [5.74, 6) is 0.838. The van der Waals surface area contributed by atoms with E-state index < -0.39 is 10.1 Å². The van der Waals surface area contributed by atoms with Crippen LogP contribution in [-0.4, -0.2) is 27.1 Å². The van der Waals surface area contributed by atoms with Gasteiger partial charge in [0, 0.05) is 0 Å². The highest BCUT2D eigenvalue weighted by atomic mass is 32.2. The molecule has 0 amide bonds. The smallest absolute Gasteiger partial charge is 0.308 e. The van der Waals surface area contributed by atoms with Gasteiger partial charge in [-0.3, -0.25) is 4.79 Å². The lowest BCUT2D eigenvalue weighted by Crippen LogP contribution is -2.07. The van der Waals surface area contributed by atoms with Crippen LogP contribution < -0.4 is 4.74 Å². The summed E-state index contributed by atoms with van der Waals surface area (Å²) in [4.78, 5) is 12.2. The van der Waals surface area contributed by atoms with Crippen molar-refractivity contribution in [1.82, 2.24) is 0 Å². The summed E-state index contributed by atoms with van der Waals surface area (Å²) >= 11 is 0. The molecule has 1 aliphatic rings. The molecular weight excluding hydrogens is 388 g/mol. The van der Waals surface area contributed by atoms with Crippen LogP contribution in [0, 0.1) is 6.92 Å². The third-order valence-corrected chi connectivity index (χ3v) is 5.53. The molecule has 0 bridgehead atoms. The van der Waals surface area contributed by atoms with Crippen LogP contribution in [0.2, 0.25) is 0 Å². The average molecular weight is 415 g/mol. The summed E-state index contributed by atoms with van der Waals surface area (Å²) in [6.45, 7) is 5.33. The van der Waals surface area contributed by atoms with Crippen molar-refractivity contribution in [3.05, 3.63) is 82.7 Å². The minimum absolute atomic E-state index is 0.0913. The molecule has 0 atom stereocenters. The van der Waals surface area contributed by atoms with E-state index in [1.165, 1.54) is 19.1 Å². The van der Waals surface area contributed by atoms with E-state index >= 15 is 0 Å². The molecule has 0 unspecified atom stereocenters. The molecule has 0 saturated carbocycles. The van der Waals surface area contributed by atoms with E-state index in [-0.39, 0.29) is 11.5 Å². The van der Waals surface area contributed by atoms with Crippen molar-refractivity contribution in [2.45, 2.75) is 27.2 Å². The Hall–Kier alpha value is -2.86. The first kappa shape index (κ1) is 22.4. The summed E-state index contributed by atoms with van der Waals surface area (Å²) in [5, 5.41) is 0. The third-order valence-electron chi connectivity index (χ3n) is 4.38. The zero-order chi connectivity index (χ0) is 21.4. The van der Waals surface area contributed by atoms with Crippen LogP contribution >= 0.6 is 0 Å². The summed E-state index contributed by atoms with van der Waals surface area (Å²) in [5.41, 5.74) is 3.62. The van der Waals surface area contributed by atoms with Crippen LogP contribution in [0.5, 0.6) is 5.75 Å². The molecule has 2 rings (SSSR count). The Kier molecular flexibility index (Phi) is 7.79. The van der Waals surface area contributed by atoms with Gasteiger partial charge in [0.15, 0.2) is 5.78 Å². The standard InChI is InChI=1S/C23H26O5S/c1-5-29(25,26)28-23-8-6-7-19(18(3)16-23)9-12-21(24)13-10-20-11-14-22(27-4)15-17(20)2/h7-16H,5-6H2,1-4H3/b12-9+,13-10+. The largest absolute Gasteiger partial charge is 0.497 e. The van der Waals surface area contributed by atoms with Crippen molar-refractivity contribution in [2.75, 3.05) is 12.9 Å². The minimum atomic E-state index is -3.57. The maximum atomic E-state index is 12.2. The summed E-state index contributed by atoms with van der Waals surface area (Å²) in [6.07, 6.45) is 12.3. The van der Waals surface area contributed by atoms with Crippen molar-refractivity contribution in [1.29, 1.82) is 0 Å². The van der Waals surface area contributed by atoms with Gasteiger partial charge < -0.3 is 8.92 Å². The molecule has 1 aromatic rings. The second kappa shape index (κ2) is 10.1. The van der Waals surface area contributed by atoms with E-state index in [1.54, 1.807) is 31.4 Å². The highest BCUT2D eigenvalue weighted by Gasteiger charge is 2.12. The fraction of sp³-hybridized carbons (Fsp3) is 0.261. The van der Waals surface area contributed by atoms with Crippen LogP contribution in [0.25, 0.3) is 6.08 Å². The van der Waals surface area contributed by atoms with Gasteiger partial charge in [0.05, 0.1) is 12.9 Å². The van der Waals surface area contributed by atoms with Crippen molar-refractivity contribution >= 4 is 22.0 Å². The zero-order valence-electron chi connectivity index (χ0n) is 17.1. The lowest BCUT2D eigenvalue weighted by Gasteiger charge is -2.06. The first-order valence-corrected chi connectivity index (χ1v) is 10.9. The number of hydrogen-bond donors (Lipinski definition) is 0. The number of methoxy groups -OCH3 is 1. The number of carbonyl (C=O) groups excluding carboxylic acids is 1. The van der Waals surface area contributed by atoms with Gasteiger partial charge in [-0.2, -0.15) is 8.42 Å². The molecule has 1 aliphatic carbocycles. The number of ether oxygens (including phenoxy) is 1. The number of hydrogen-bond acceptors (Lipinski definition) is 5. The first-order chi connectivity index (χ1) is 13.7. The zero-order valence-corrected chi connectivity index (χ0v) is 18.0. The molecule has 6 heteroatoms. The third kappa shape index (κ3) is 6.91. The fourth-order valence-electron chi connectivity index (χ4n) is 2.64. The number of allylic oxidation sites excluding steroid dienone is 8. The van der Waals surface area contributed by atoms with E-state index in [4.69, 9.17) is 8.92 Å². The molecule has 154 valence electrons. The van der Waals surface area contributed by atoms with E-state index in [9.17, 15) is 13.2 Å². The quantitative estimate of drug-likeness (QED) is 0.457. The summed E-state index contributed by atoms with van der Waals surface area (Å²) in [7, 11) is -1.95. The Bertz CT molecular complexity index is 1020. The van der Waals surface area contributed by atoms with Crippen molar-refractivity contribution in [3.8, 4) is 5.75 Å². The van der Waals surface area contributed by atoms with Gasteiger partial charge in [0.25, 0.3) is 0 Å². The highest BCUT2D eigenvalue weighted by Crippen LogP contribution is 2.21. The Morgan fingerprint density at radius 2 is 1.86 bits per heavy atom. The molecule has 0 heterocycles. The Labute approximate surface area is 172 Å². The summed E-state index contributed by atoms with van der Waals surface area (Å²) in [6, 6.07) is 5.67. The lowest BCUT2D eigenvalue weighted by molar-refractivity contribution is -0.110.